The van der Waals surface area contributed by atoms with Crippen molar-refractivity contribution < 1.29 is 9.13 Å². The Balaban J connectivity index is 2.19. The van der Waals surface area contributed by atoms with Gasteiger partial charge in [-0.25, -0.2) is 9.37 Å². The molecule has 1 unspecified atom stereocenters. The van der Waals surface area contributed by atoms with E-state index < -0.39 is 0 Å². The summed E-state index contributed by atoms with van der Waals surface area (Å²) in [6.07, 6.45) is 1.35. The molecular weight excluding hydrogens is 271 g/mol. The van der Waals surface area contributed by atoms with Crippen LogP contribution < -0.4 is 15.8 Å². The van der Waals surface area contributed by atoms with Crippen LogP contribution in [0.3, 0.4) is 0 Å². The van der Waals surface area contributed by atoms with Gasteiger partial charge in [-0.05, 0) is 38.5 Å². The van der Waals surface area contributed by atoms with Crippen LogP contribution in [0.2, 0.25) is 0 Å². The molecule has 0 fully saturated rings. The molecule has 6 heteroatoms. The number of benzene rings is 1. The van der Waals surface area contributed by atoms with Crippen LogP contribution >= 0.6 is 0 Å². The summed E-state index contributed by atoms with van der Waals surface area (Å²) < 4.78 is 18.8. The van der Waals surface area contributed by atoms with Gasteiger partial charge in [-0.1, -0.05) is 12.1 Å². The Labute approximate surface area is 123 Å². The van der Waals surface area contributed by atoms with E-state index in [4.69, 9.17) is 10.5 Å². The minimum Gasteiger partial charge on any atom is -0.473 e. The van der Waals surface area contributed by atoms with Crippen LogP contribution in [0.4, 0.5) is 15.9 Å². The van der Waals surface area contributed by atoms with E-state index in [9.17, 15) is 4.39 Å². The third-order valence-electron chi connectivity index (χ3n) is 2.90. The standard InChI is InChI=1S/C15H19FN4O/c1-9(2)21-15-13(17)14(18-8-19-15)20-10(3)11-5-4-6-12(16)7-11/h4-10H,17H2,1-3H3,(H,18,19,20). The number of rotatable bonds is 5. The number of hydrogen-bond donors (Lipinski definition) is 2. The van der Waals surface area contributed by atoms with Crippen molar-refractivity contribution in [1.82, 2.24) is 9.97 Å². The highest BCUT2D eigenvalue weighted by Gasteiger charge is 2.14. The van der Waals surface area contributed by atoms with E-state index in [0.717, 1.165) is 5.56 Å². The normalized spacial score (nSPS) is 12.2. The second-order valence-electron chi connectivity index (χ2n) is 5.03. The van der Waals surface area contributed by atoms with E-state index in [1.54, 1.807) is 6.07 Å². The molecule has 3 N–H and O–H groups in total. The number of anilines is 2. The van der Waals surface area contributed by atoms with Gasteiger partial charge in [-0.15, -0.1) is 0 Å². The molecule has 1 heterocycles. The quantitative estimate of drug-likeness (QED) is 0.885. The van der Waals surface area contributed by atoms with Gasteiger partial charge in [0, 0.05) is 0 Å². The molecule has 0 radical (unpaired) electrons. The molecule has 21 heavy (non-hydrogen) atoms. The molecule has 0 saturated carbocycles. The van der Waals surface area contributed by atoms with E-state index in [-0.39, 0.29) is 18.0 Å². The largest absolute Gasteiger partial charge is 0.473 e. The maximum atomic E-state index is 13.3. The van der Waals surface area contributed by atoms with Gasteiger partial charge in [-0.2, -0.15) is 4.98 Å². The Morgan fingerprint density at radius 2 is 2.00 bits per heavy atom. The molecule has 0 aliphatic carbocycles. The highest BCUT2D eigenvalue weighted by atomic mass is 19.1. The fourth-order valence-electron chi connectivity index (χ4n) is 1.88. The van der Waals surface area contributed by atoms with Gasteiger partial charge in [0.15, 0.2) is 5.82 Å². The average molecular weight is 290 g/mol. The fraction of sp³-hybridized carbons (Fsp3) is 0.333. The van der Waals surface area contributed by atoms with Crippen molar-refractivity contribution in [3.8, 4) is 5.88 Å². The van der Waals surface area contributed by atoms with E-state index >= 15 is 0 Å². The van der Waals surface area contributed by atoms with Gasteiger partial charge in [0.05, 0.1) is 12.1 Å². The van der Waals surface area contributed by atoms with Crippen LogP contribution in [-0.2, 0) is 0 Å². The van der Waals surface area contributed by atoms with Crippen molar-refractivity contribution in [2.75, 3.05) is 11.1 Å². The SMILES string of the molecule is CC(C)Oc1ncnc(NC(C)c2cccc(F)c2)c1N. The van der Waals surface area contributed by atoms with Crippen molar-refractivity contribution in [2.24, 2.45) is 0 Å². The van der Waals surface area contributed by atoms with Crippen LogP contribution in [0.5, 0.6) is 5.88 Å². The van der Waals surface area contributed by atoms with Crippen LogP contribution in [0.1, 0.15) is 32.4 Å². The lowest BCUT2D eigenvalue weighted by Crippen LogP contribution is -2.13. The molecule has 2 aromatic rings. The van der Waals surface area contributed by atoms with Crippen molar-refractivity contribution in [2.45, 2.75) is 32.9 Å². The van der Waals surface area contributed by atoms with Crippen molar-refractivity contribution in [1.29, 1.82) is 0 Å². The van der Waals surface area contributed by atoms with Gasteiger partial charge < -0.3 is 15.8 Å². The first-order chi connectivity index (χ1) is 9.97. The average Bonchev–Trinajstić information content (AvgIpc) is 2.42. The molecule has 5 nitrogen and oxygen atoms in total. The van der Waals surface area contributed by atoms with Crippen LogP contribution in [-0.4, -0.2) is 16.1 Å². The third-order valence-corrected chi connectivity index (χ3v) is 2.90. The van der Waals surface area contributed by atoms with Gasteiger partial charge >= 0.3 is 0 Å². The van der Waals surface area contributed by atoms with Gasteiger partial charge in [0.25, 0.3) is 0 Å². The summed E-state index contributed by atoms with van der Waals surface area (Å²) in [5.41, 5.74) is 7.15. The summed E-state index contributed by atoms with van der Waals surface area (Å²) >= 11 is 0. The lowest BCUT2D eigenvalue weighted by atomic mass is 10.1. The van der Waals surface area contributed by atoms with E-state index in [1.165, 1.54) is 18.5 Å². The minimum atomic E-state index is -0.277. The molecule has 2 rings (SSSR count). The molecule has 0 aliphatic heterocycles. The first-order valence-corrected chi connectivity index (χ1v) is 6.76. The maximum Gasteiger partial charge on any atom is 0.242 e. The predicted molar refractivity (Wildman–Crippen MR) is 80.6 cm³/mol. The monoisotopic (exact) mass is 290 g/mol. The lowest BCUT2D eigenvalue weighted by Gasteiger charge is -2.18. The summed E-state index contributed by atoms with van der Waals surface area (Å²) in [5, 5.41) is 3.14. The number of halogens is 1. The smallest absolute Gasteiger partial charge is 0.242 e. The first-order valence-electron chi connectivity index (χ1n) is 6.76. The Kier molecular flexibility index (Phi) is 4.57. The highest BCUT2D eigenvalue weighted by Crippen LogP contribution is 2.28. The van der Waals surface area contributed by atoms with E-state index in [1.807, 2.05) is 26.8 Å². The number of nitrogens with zero attached hydrogens (tertiary/aromatic N) is 2. The van der Waals surface area contributed by atoms with Crippen molar-refractivity contribution >= 4 is 11.5 Å². The van der Waals surface area contributed by atoms with Gasteiger partial charge in [-0.3, -0.25) is 0 Å². The zero-order chi connectivity index (χ0) is 15.4. The molecule has 0 saturated heterocycles. The molecule has 0 bridgehead atoms. The molecule has 1 atom stereocenters. The predicted octanol–water partition coefficient (Wildman–Crippen LogP) is 3.16. The number of nitrogen functional groups attached to an aromatic ring is 1. The zero-order valence-corrected chi connectivity index (χ0v) is 12.3. The topological polar surface area (TPSA) is 73.1 Å². The Morgan fingerprint density at radius 3 is 2.67 bits per heavy atom. The Morgan fingerprint density at radius 1 is 1.24 bits per heavy atom. The summed E-state index contributed by atoms with van der Waals surface area (Å²) in [7, 11) is 0. The number of nitrogens with one attached hydrogen (secondary N) is 1. The summed E-state index contributed by atoms with van der Waals surface area (Å²) in [5.74, 6) is 0.534. The van der Waals surface area contributed by atoms with E-state index in [0.29, 0.717) is 17.4 Å². The molecule has 1 aromatic carbocycles. The fourth-order valence-corrected chi connectivity index (χ4v) is 1.88. The first kappa shape index (κ1) is 15.0. The number of nitrogens with two attached hydrogens (primary N) is 1. The molecule has 1 aromatic heterocycles. The Bertz CT molecular complexity index is 618. The molecular formula is C15H19FN4O. The minimum absolute atomic E-state index is 0.0318. The summed E-state index contributed by atoms with van der Waals surface area (Å²) in [6.45, 7) is 5.69. The van der Waals surface area contributed by atoms with Gasteiger partial charge in [0.1, 0.15) is 17.8 Å². The number of aromatic nitrogens is 2. The maximum absolute atomic E-state index is 13.3. The number of hydrogen-bond acceptors (Lipinski definition) is 5. The highest BCUT2D eigenvalue weighted by molar-refractivity contribution is 5.66. The lowest BCUT2D eigenvalue weighted by molar-refractivity contribution is 0.234. The summed E-state index contributed by atoms with van der Waals surface area (Å²) in [4.78, 5) is 8.13. The van der Waals surface area contributed by atoms with Crippen molar-refractivity contribution in [3.63, 3.8) is 0 Å². The third kappa shape index (κ3) is 3.81. The second kappa shape index (κ2) is 6.39. The van der Waals surface area contributed by atoms with Crippen LogP contribution in [0.25, 0.3) is 0 Å². The van der Waals surface area contributed by atoms with Crippen LogP contribution in [0.15, 0.2) is 30.6 Å². The molecule has 0 aliphatic rings. The molecule has 0 amide bonds. The number of ether oxygens (including phenoxy) is 1. The van der Waals surface area contributed by atoms with Gasteiger partial charge in [0.2, 0.25) is 5.88 Å². The molecule has 0 spiro atoms. The van der Waals surface area contributed by atoms with Crippen LogP contribution in [0, 0.1) is 5.82 Å². The zero-order valence-electron chi connectivity index (χ0n) is 12.3. The second-order valence-corrected chi connectivity index (χ2v) is 5.03. The van der Waals surface area contributed by atoms with Crippen molar-refractivity contribution in [3.05, 3.63) is 42.0 Å². The Hall–Kier alpha value is -2.37. The molecule has 112 valence electrons. The summed E-state index contributed by atoms with van der Waals surface area (Å²) in [6, 6.07) is 6.23. The van der Waals surface area contributed by atoms with E-state index in [2.05, 4.69) is 15.3 Å².